The van der Waals surface area contributed by atoms with Crippen molar-refractivity contribution in [1.82, 2.24) is 4.98 Å². The Kier molecular flexibility index (Phi) is 3.72. The van der Waals surface area contributed by atoms with Gasteiger partial charge in [-0.15, -0.1) is 0 Å². The number of carboxylic acid groups (broad SMARTS) is 1. The zero-order chi connectivity index (χ0) is 16.6. The van der Waals surface area contributed by atoms with Crippen molar-refractivity contribution in [3.8, 4) is 11.6 Å². The molecule has 0 amide bonds. The first-order valence-electron chi connectivity index (χ1n) is 7.41. The van der Waals surface area contributed by atoms with E-state index >= 15 is 0 Å². The number of ether oxygens (including phenoxy) is 2. The molecule has 0 unspecified atom stereocenters. The summed E-state index contributed by atoms with van der Waals surface area (Å²) < 4.78 is 10.5. The van der Waals surface area contributed by atoms with Crippen LogP contribution in [-0.4, -0.2) is 30.3 Å². The normalized spacial score (nSPS) is 22.5. The highest BCUT2D eigenvalue weighted by Gasteiger charge is 2.63. The molecule has 1 N–H and O–H groups in total. The minimum Gasteiger partial charge on any atom is -0.496 e. The van der Waals surface area contributed by atoms with Gasteiger partial charge in [0.25, 0.3) is 0 Å². The number of nitrogens with zero attached hydrogens (tertiary/aromatic N) is 1. The molecule has 1 aliphatic rings. The molecule has 1 heterocycles. The maximum absolute atomic E-state index is 12.1. The van der Waals surface area contributed by atoms with E-state index in [-0.39, 0.29) is 5.92 Å². The number of aromatic nitrogens is 1. The van der Waals surface area contributed by atoms with E-state index in [0.717, 1.165) is 16.7 Å². The number of pyridine rings is 1. The zero-order valence-electron chi connectivity index (χ0n) is 13.4. The molecule has 0 bridgehead atoms. The van der Waals surface area contributed by atoms with E-state index in [1.165, 1.54) is 0 Å². The lowest BCUT2D eigenvalue weighted by molar-refractivity contribution is -0.140. The Hall–Kier alpha value is -2.56. The van der Waals surface area contributed by atoms with Gasteiger partial charge in [-0.05, 0) is 25.0 Å². The quantitative estimate of drug-likeness (QED) is 0.919. The summed E-state index contributed by atoms with van der Waals surface area (Å²) in [5.74, 6) is 0.182. The lowest BCUT2D eigenvalue weighted by atomic mass is 9.89. The van der Waals surface area contributed by atoms with Crippen molar-refractivity contribution in [2.24, 2.45) is 0 Å². The number of hydrogen-bond acceptors (Lipinski definition) is 4. The molecule has 0 radical (unpaired) electrons. The van der Waals surface area contributed by atoms with E-state index in [9.17, 15) is 9.90 Å². The summed E-state index contributed by atoms with van der Waals surface area (Å²) in [4.78, 5) is 16.3. The molecule has 0 aliphatic heterocycles. The first-order valence-corrected chi connectivity index (χ1v) is 7.41. The molecule has 23 heavy (non-hydrogen) atoms. The summed E-state index contributed by atoms with van der Waals surface area (Å²) in [6.45, 7) is 1.95. The van der Waals surface area contributed by atoms with Crippen molar-refractivity contribution in [2.45, 2.75) is 24.7 Å². The molecule has 2 atom stereocenters. The fourth-order valence-electron chi connectivity index (χ4n) is 3.20. The fourth-order valence-corrected chi connectivity index (χ4v) is 3.20. The highest BCUT2D eigenvalue weighted by atomic mass is 16.5. The van der Waals surface area contributed by atoms with Crippen LogP contribution in [-0.2, 0) is 10.2 Å². The highest BCUT2D eigenvalue weighted by Crippen LogP contribution is 2.62. The smallest absolute Gasteiger partial charge is 0.314 e. The molecule has 3 rings (SSSR count). The Bertz CT molecular complexity index is 741. The van der Waals surface area contributed by atoms with E-state index < -0.39 is 11.4 Å². The minimum atomic E-state index is -0.951. The molecule has 1 fully saturated rings. The van der Waals surface area contributed by atoms with E-state index in [0.29, 0.717) is 18.1 Å². The third-order valence-electron chi connectivity index (χ3n) is 4.55. The van der Waals surface area contributed by atoms with Gasteiger partial charge in [0.05, 0.1) is 14.2 Å². The van der Waals surface area contributed by atoms with Gasteiger partial charge in [-0.1, -0.05) is 23.8 Å². The van der Waals surface area contributed by atoms with Crippen LogP contribution in [0.4, 0.5) is 0 Å². The summed E-state index contributed by atoms with van der Waals surface area (Å²) >= 11 is 0. The predicted molar refractivity (Wildman–Crippen MR) is 85.2 cm³/mol. The van der Waals surface area contributed by atoms with E-state index in [2.05, 4.69) is 4.98 Å². The summed E-state index contributed by atoms with van der Waals surface area (Å²) in [6.07, 6.45) is 2.23. The van der Waals surface area contributed by atoms with Crippen LogP contribution in [0.3, 0.4) is 0 Å². The standard InChI is InChI=1S/C18H19NO4/c1-11-4-6-15(22-2)13(8-11)18(17(20)21)9-14(18)12-5-7-16(23-3)19-10-12/h4-8,10,14H,9H2,1-3H3,(H,20,21)/t14-,18-/m0/s1. The van der Waals surface area contributed by atoms with E-state index in [4.69, 9.17) is 9.47 Å². The SMILES string of the molecule is COc1ccc([C@@H]2C[C@]2(C(=O)O)c2cc(C)ccc2OC)cn1. The van der Waals surface area contributed by atoms with Gasteiger partial charge in [0.15, 0.2) is 0 Å². The number of benzene rings is 1. The Labute approximate surface area is 134 Å². The second-order valence-corrected chi connectivity index (χ2v) is 5.87. The van der Waals surface area contributed by atoms with Crippen LogP contribution in [0.2, 0.25) is 0 Å². The second-order valence-electron chi connectivity index (χ2n) is 5.87. The van der Waals surface area contributed by atoms with Crippen LogP contribution in [0.25, 0.3) is 0 Å². The van der Waals surface area contributed by atoms with Crippen LogP contribution in [0.1, 0.15) is 29.0 Å². The molecule has 120 valence electrons. The number of carbonyl (C=O) groups is 1. The van der Waals surface area contributed by atoms with Crippen molar-refractivity contribution in [2.75, 3.05) is 14.2 Å². The average molecular weight is 313 g/mol. The molecule has 0 spiro atoms. The first-order chi connectivity index (χ1) is 11.0. The number of methoxy groups -OCH3 is 2. The van der Waals surface area contributed by atoms with Gasteiger partial charge in [0.2, 0.25) is 5.88 Å². The monoisotopic (exact) mass is 313 g/mol. The Morgan fingerprint density at radius 2 is 2.04 bits per heavy atom. The lowest BCUT2D eigenvalue weighted by Gasteiger charge is -2.17. The summed E-state index contributed by atoms with van der Waals surface area (Å²) in [7, 11) is 3.12. The third kappa shape index (κ3) is 2.42. The molecular weight excluding hydrogens is 294 g/mol. The Morgan fingerprint density at radius 1 is 1.26 bits per heavy atom. The van der Waals surface area contributed by atoms with Gasteiger partial charge in [0.1, 0.15) is 11.2 Å². The number of carboxylic acids is 1. The number of rotatable bonds is 5. The van der Waals surface area contributed by atoms with E-state index in [1.807, 2.05) is 31.2 Å². The van der Waals surface area contributed by atoms with E-state index in [1.54, 1.807) is 26.5 Å². The lowest BCUT2D eigenvalue weighted by Crippen LogP contribution is -2.23. The Morgan fingerprint density at radius 3 is 2.61 bits per heavy atom. The zero-order valence-corrected chi connectivity index (χ0v) is 13.4. The third-order valence-corrected chi connectivity index (χ3v) is 4.55. The topological polar surface area (TPSA) is 68.7 Å². The first kappa shape index (κ1) is 15.3. The highest BCUT2D eigenvalue weighted by molar-refractivity contribution is 5.89. The number of hydrogen-bond donors (Lipinski definition) is 1. The van der Waals surface area contributed by atoms with Gasteiger partial charge in [-0.3, -0.25) is 4.79 Å². The van der Waals surface area contributed by atoms with Crippen molar-refractivity contribution in [3.63, 3.8) is 0 Å². The molecule has 1 aromatic carbocycles. The van der Waals surface area contributed by atoms with Gasteiger partial charge in [-0.2, -0.15) is 0 Å². The van der Waals surface area contributed by atoms with Gasteiger partial charge in [0, 0.05) is 23.7 Å². The molecule has 1 aromatic heterocycles. The fraction of sp³-hybridized carbons (Fsp3) is 0.333. The van der Waals surface area contributed by atoms with Gasteiger partial charge < -0.3 is 14.6 Å². The molecule has 5 heteroatoms. The van der Waals surface area contributed by atoms with Gasteiger partial charge in [-0.25, -0.2) is 4.98 Å². The summed E-state index contributed by atoms with van der Waals surface area (Å²) in [6, 6.07) is 9.29. The molecular formula is C18H19NO4. The van der Waals surface area contributed by atoms with Crippen molar-refractivity contribution in [3.05, 3.63) is 53.2 Å². The summed E-state index contributed by atoms with van der Waals surface area (Å²) in [5, 5.41) is 9.90. The number of aryl methyl sites for hydroxylation is 1. The average Bonchev–Trinajstić information content (AvgIpc) is 3.32. The van der Waals surface area contributed by atoms with Crippen molar-refractivity contribution >= 4 is 5.97 Å². The van der Waals surface area contributed by atoms with Crippen molar-refractivity contribution < 1.29 is 19.4 Å². The maximum Gasteiger partial charge on any atom is 0.314 e. The Balaban J connectivity index is 2.03. The van der Waals surface area contributed by atoms with Crippen LogP contribution in [0, 0.1) is 6.92 Å². The predicted octanol–water partition coefficient (Wildman–Crippen LogP) is 2.92. The number of aliphatic carboxylic acids is 1. The minimum absolute atomic E-state index is 0.117. The summed E-state index contributed by atoms with van der Waals surface area (Å²) in [5.41, 5.74) is 1.69. The van der Waals surface area contributed by atoms with Crippen LogP contribution in [0.15, 0.2) is 36.5 Å². The van der Waals surface area contributed by atoms with Crippen molar-refractivity contribution in [1.29, 1.82) is 0 Å². The second kappa shape index (κ2) is 5.57. The molecule has 1 aliphatic carbocycles. The molecule has 5 nitrogen and oxygen atoms in total. The van der Waals surface area contributed by atoms with Gasteiger partial charge >= 0.3 is 5.97 Å². The largest absolute Gasteiger partial charge is 0.496 e. The molecule has 2 aromatic rings. The maximum atomic E-state index is 12.1. The van der Waals surface area contributed by atoms with Crippen LogP contribution < -0.4 is 9.47 Å². The van der Waals surface area contributed by atoms with Crippen LogP contribution in [0.5, 0.6) is 11.6 Å². The molecule has 0 saturated heterocycles. The van der Waals surface area contributed by atoms with Crippen LogP contribution >= 0.6 is 0 Å². The molecule has 1 saturated carbocycles.